The van der Waals surface area contributed by atoms with E-state index in [0.29, 0.717) is 5.41 Å². The summed E-state index contributed by atoms with van der Waals surface area (Å²) in [5, 5.41) is 0. The fourth-order valence-electron chi connectivity index (χ4n) is 1.56. The van der Waals surface area contributed by atoms with Crippen molar-refractivity contribution in [3.8, 4) is 0 Å². The lowest BCUT2D eigenvalue weighted by molar-refractivity contribution is 0.148. The van der Waals surface area contributed by atoms with Gasteiger partial charge in [-0.3, -0.25) is 0 Å². The molecule has 2 heteroatoms. The Bertz CT molecular complexity index is 111. The summed E-state index contributed by atoms with van der Waals surface area (Å²) >= 11 is 0. The molecule has 0 aromatic rings. The van der Waals surface area contributed by atoms with Gasteiger partial charge in [0, 0.05) is 12.0 Å². The van der Waals surface area contributed by atoms with Gasteiger partial charge in [0.2, 0.25) is 0 Å². The average Bonchev–Trinajstić information content (AvgIpc) is 2.38. The third kappa shape index (κ3) is 0.400. The van der Waals surface area contributed by atoms with Gasteiger partial charge in [-0.25, -0.2) is 0 Å². The van der Waals surface area contributed by atoms with Crippen LogP contribution in [-0.2, 0) is 4.74 Å². The maximum atomic E-state index is 5.53. The van der Waals surface area contributed by atoms with E-state index in [4.69, 9.17) is 10.5 Å². The van der Waals surface area contributed by atoms with E-state index in [1.54, 1.807) is 0 Å². The first-order chi connectivity index (χ1) is 3.87. The van der Waals surface area contributed by atoms with Crippen molar-refractivity contribution in [1.29, 1.82) is 0 Å². The smallest absolute Gasteiger partial charge is 0.0538 e. The molecule has 2 atom stereocenters. The molecule has 0 radical (unpaired) electrons. The summed E-state index contributed by atoms with van der Waals surface area (Å²) in [7, 11) is 0. The Morgan fingerprint density at radius 2 is 2.62 bits per heavy atom. The molecular formula is C6H11NO. The minimum absolute atomic E-state index is 0.458. The van der Waals surface area contributed by atoms with E-state index < -0.39 is 0 Å². The second-order valence-electron chi connectivity index (χ2n) is 2.98. The maximum absolute atomic E-state index is 5.53. The minimum atomic E-state index is 0.458. The zero-order chi connectivity index (χ0) is 5.61. The molecule has 2 unspecified atom stereocenters. The molecule has 2 nitrogen and oxygen atoms in total. The molecule has 1 aliphatic carbocycles. The maximum Gasteiger partial charge on any atom is 0.0538 e. The largest absolute Gasteiger partial charge is 0.380 e. The van der Waals surface area contributed by atoms with Crippen LogP contribution in [0.2, 0.25) is 0 Å². The molecule has 2 fully saturated rings. The fourth-order valence-corrected chi connectivity index (χ4v) is 1.56. The number of hydrogen-bond donors (Lipinski definition) is 1. The molecule has 0 bridgehead atoms. The van der Waals surface area contributed by atoms with Crippen LogP contribution in [0.3, 0.4) is 0 Å². The molecule has 1 aliphatic heterocycles. The van der Waals surface area contributed by atoms with E-state index in [0.717, 1.165) is 25.7 Å². The van der Waals surface area contributed by atoms with E-state index >= 15 is 0 Å². The van der Waals surface area contributed by atoms with E-state index in [9.17, 15) is 0 Å². The highest BCUT2D eigenvalue weighted by atomic mass is 16.5. The zero-order valence-corrected chi connectivity index (χ0v) is 4.89. The van der Waals surface area contributed by atoms with Gasteiger partial charge >= 0.3 is 0 Å². The lowest BCUT2D eigenvalue weighted by Gasteiger charge is -2.03. The van der Waals surface area contributed by atoms with E-state index in [1.807, 2.05) is 0 Å². The number of nitrogens with two attached hydrogens (primary N) is 1. The second kappa shape index (κ2) is 1.25. The summed E-state index contributed by atoms with van der Waals surface area (Å²) in [6.07, 6.45) is 1.32. The van der Waals surface area contributed by atoms with Crippen molar-refractivity contribution in [2.24, 2.45) is 17.1 Å². The Hall–Kier alpha value is -0.0800. The van der Waals surface area contributed by atoms with Gasteiger partial charge in [0.15, 0.2) is 0 Å². The lowest BCUT2D eigenvalue weighted by Crippen LogP contribution is -2.18. The Morgan fingerprint density at radius 1 is 1.75 bits per heavy atom. The van der Waals surface area contributed by atoms with Gasteiger partial charge in [-0.05, 0) is 12.3 Å². The summed E-state index contributed by atoms with van der Waals surface area (Å²) in [6.45, 7) is 2.73. The molecule has 2 aliphatic rings. The van der Waals surface area contributed by atoms with Gasteiger partial charge in [0.25, 0.3) is 0 Å². The summed E-state index contributed by atoms with van der Waals surface area (Å²) in [4.78, 5) is 0. The summed E-state index contributed by atoms with van der Waals surface area (Å²) in [5.74, 6) is 0.826. The van der Waals surface area contributed by atoms with Crippen molar-refractivity contribution in [2.45, 2.75) is 6.42 Å². The molecule has 1 heterocycles. The molecule has 2 N–H and O–H groups in total. The zero-order valence-electron chi connectivity index (χ0n) is 4.89. The molecule has 1 saturated carbocycles. The topological polar surface area (TPSA) is 35.2 Å². The summed E-state index contributed by atoms with van der Waals surface area (Å²) in [5.41, 5.74) is 5.99. The second-order valence-corrected chi connectivity index (χ2v) is 2.98. The van der Waals surface area contributed by atoms with Crippen LogP contribution in [0.4, 0.5) is 0 Å². The number of fused-ring (bicyclic) bond motifs is 1. The van der Waals surface area contributed by atoms with Gasteiger partial charge in [-0.15, -0.1) is 0 Å². The molecule has 0 aromatic carbocycles. The average molecular weight is 113 g/mol. The molecule has 8 heavy (non-hydrogen) atoms. The monoisotopic (exact) mass is 113 g/mol. The number of rotatable bonds is 1. The van der Waals surface area contributed by atoms with Crippen LogP contribution in [0.25, 0.3) is 0 Å². The van der Waals surface area contributed by atoms with E-state index in [1.165, 1.54) is 6.42 Å². The van der Waals surface area contributed by atoms with Gasteiger partial charge < -0.3 is 10.5 Å². The molecule has 2 rings (SSSR count). The first-order valence-corrected chi connectivity index (χ1v) is 3.15. The van der Waals surface area contributed by atoms with Crippen molar-refractivity contribution in [3.63, 3.8) is 0 Å². The van der Waals surface area contributed by atoms with Gasteiger partial charge in [-0.1, -0.05) is 0 Å². The number of hydrogen-bond acceptors (Lipinski definition) is 2. The van der Waals surface area contributed by atoms with Crippen LogP contribution in [0, 0.1) is 11.3 Å². The third-order valence-corrected chi connectivity index (χ3v) is 2.47. The van der Waals surface area contributed by atoms with Crippen molar-refractivity contribution in [2.75, 3.05) is 19.8 Å². The first-order valence-electron chi connectivity index (χ1n) is 3.15. The van der Waals surface area contributed by atoms with Gasteiger partial charge in [-0.2, -0.15) is 0 Å². The van der Waals surface area contributed by atoms with E-state index in [2.05, 4.69) is 0 Å². The molecule has 0 amide bonds. The highest BCUT2D eigenvalue weighted by Crippen LogP contribution is 2.55. The van der Waals surface area contributed by atoms with Crippen molar-refractivity contribution in [3.05, 3.63) is 0 Å². The predicted octanol–water partition coefficient (Wildman–Crippen LogP) is -0.0184. The summed E-state index contributed by atoms with van der Waals surface area (Å²) in [6, 6.07) is 0. The standard InChI is InChI=1S/C6H11NO/c7-3-6-1-5(6)2-8-4-6/h5H,1-4,7H2. The predicted molar refractivity (Wildman–Crippen MR) is 30.4 cm³/mol. The van der Waals surface area contributed by atoms with Gasteiger partial charge in [0.1, 0.15) is 0 Å². The van der Waals surface area contributed by atoms with Crippen molar-refractivity contribution >= 4 is 0 Å². The van der Waals surface area contributed by atoms with E-state index in [-0.39, 0.29) is 0 Å². The van der Waals surface area contributed by atoms with Crippen LogP contribution in [0.1, 0.15) is 6.42 Å². The highest BCUT2D eigenvalue weighted by molar-refractivity contribution is 5.06. The van der Waals surface area contributed by atoms with Crippen LogP contribution in [-0.4, -0.2) is 19.8 Å². The Morgan fingerprint density at radius 3 is 2.88 bits per heavy atom. The quantitative estimate of drug-likeness (QED) is 0.518. The Kier molecular flexibility index (Phi) is 0.746. The van der Waals surface area contributed by atoms with Gasteiger partial charge in [0.05, 0.1) is 13.2 Å². The normalized spacial score (nSPS) is 51.4. The van der Waals surface area contributed by atoms with Crippen LogP contribution >= 0.6 is 0 Å². The molecular weight excluding hydrogens is 102 g/mol. The van der Waals surface area contributed by atoms with Crippen LogP contribution in [0.15, 0.2) is 0 Å². The first kappa shape index (κ1) is 4.77. The molecule has 46 valence electrons. The Labute approximate surface area is 49.0 Å². The summed E-state index contributed by atoms with van der Waals surface area (Å²) < 4.78 is 5.22. The van der Waals surface area contributed by atoms with Crippen LogP contribution < -0.4 is 5.73 Å². The Balaban J connectivity index is 2.08. The third-order valence-electron chi connectivity index (χ3n) is 2.47. The van der Waals surface area contributed by atoms with Crippen molar-refractivity contribution in [1.82, 2.24) is 0 Å². The molecule has 0 aromatic heterocycles. The minimum Gasteiger partial charge on any atom is -0.380 e. The highest BCUT2D eigenvalue weighted by Gasteiger charge is 2.56. The lowest BCUT2D eigenvalue weighted by atomic mass is 10.1. The molecule has 1 saturated heterocycles. The fraction of sp³-hybridized carbons (Fsp3) is 1.00. The van der Waals surface area contributed by atoms with Crippen molar-refractivity contribution < 1.29 is 4.74 Å². The number of ether oxygens (including phenoxy) is 1. The molecule has 0 spiro atoms. The SMILES string of the molecule is NCC12COCC1C2. The van der Waals surface area contributed by atoms with Crippen LogP contribution in [0.5, 0.6) is 0 Å².